The minimum atomic E-state index is -0.177. The fourth-order valence-electron chi connectivity index (χ4n) is 5.09. The zero-order chi connectivity index (χ0) is 14.1. The summed E-state index contributed by atoms with van der Waals surface area (Å²) in [6, 6.07) is 0. The quantitative estimate of drug-likeness (QED) is 0.739. The Morgan fingerprint density at radius 3 is 2.50 bits per heavy atom. The van der Waals surface area contributed by atoms with Gasteiger partial charge in [0.25, 0.3) is 0 Å². The van der Waals surface area contributed by atoms with E-state index in [0.717, 1.165) is 36.5 Å². The first-order valence-corrected chi connectivity index (χ1v) is 8.35. The molecule has 0 amide bonds. The van der Waals surface area contributed by atoms with Crippen molar-refractivity contribution in [2.75, 3.05) is 7.11 Å². The lowest BCUT2D eigenvalue weighted by Gasteiger charge is -2.36. The molecule has 3 saturated carbocycles. The third-order valence-electron chi connectivity index (χ3n) is 5.98. The number of methoxy groups -OCH3 is 1. The molecule has 0 aliphatic heterocycles. The van der Waals surface area contributed by atoms with Crippen LogP contribution >= 0.6 is 0 Å². The first kappa shape index (κ1) is 14.4. The molecular weight excluding hydrogens is 252 g/mol. The lowest BCUT2D eigenvalue weighted by Crippen LogP contribution is -2.39. The largest absolute Gasteiger partial charge is 0.460 e. The van der Waals surface area contributed by atoms with Crippen molar-refractivity contribution in [2.45, 2.75) is 70.5 Å². The van der Waals surface area contributed by atoms with Gasteiger partial charge in [-0.3, -0.25) is 4.79 Å². The van der Waals surface area contributed by atoms with Gasteiger partial charge < -0.3 is 9.47 Å². The number of fused-ring (bicyclic) bond motifs is 2. The summed E-state index contributed by atoms with van der Waals surface area (Å²) in [7, 11) is 1.75. The molecule has 3 aliphatic rings. The zero-order valence-corrected chi connectivity index (χ0v) is 12.8. The Kier molecular flexibility index (Phi) is 4.34. The SMILES string of the molecule is COC1CC(CC2CC3CCC2C3)CCC1OC(C)=O. The summed E-state index contributed by atoms with van der Waals surface area (Å²) in [4.78, 5) is 11.1. The molecule has 0 radical (unpaired) electrons. The molecule has 0 N–H and O–H groups in total. The van der Waals surface area contributed by atoms with Gasteiger partial charge in [-0.05, 0) is 68.6 Å². The molecule has 0 heterocycles. The van der Waals surface area contributed by atoms with Crippen LogP contribution in [0.15, 0.2) is 0 Å². The summed E-state index contributed by atoms with van der Waals surface area (Å²) in [5.41, 5.74) is 0. The highest BCUT2D eigenvalue weighted by molar-refractivity contribution is 5.66. The molecule has 0 aromatic carbocycles. The number of esters is 1. The van der Waals surface area contributed by atoms with E-state index in [2.05, 4.69) is 0 Å². The zero-order valence-electron chi connectivity index (χ0n) is 12.8. The normalized spacial score (nSPS) is 43.7. The highest BCUT2D eigenvalue weighted by atomic mass is 16.6. The van der Waals surface area contributed by atoms with Crippen molar-refractivity contribution in [1.29, 1.82) is 0 Å². The van der Waals surface area contributed by atoms with Crippen LogP contribution in [0.25, 0.3) is 0 Å². The highest BCUT2D eigenvalue weighted by Gasteiger charge is 2.41. The van der Waals surface area contributed by atoms with Gasteiger partial charge >= 0.3 is 5.97 Å². The maximum Gasteiger partial charge on any atom is 0.302 e. The van der Waals surface area contributed by atoms with Crippen LogP contribution in [0.5, 0.6) is 0 Å². The van der Waals surface area contributed by atoms with E-state index in [0.29, 0.717) is 0 Å². The van der Waals surface area contributed by atoms with Gasteiger partial charge in [-0.15, -0.1) is 0 Å². The predicted octanol–water partition coefficient (Wildman–Crippen LogP) is 3.56. The monoisotopic (exact) mass is 280 g/mol. The fourth-order valence-corrected chi connectivity index (χ4v) is 5.09. The first-order chi connectivity index (χ1) is 9.65. The van der Waals surface area contributed by atoms with Gasteiger partial charge in [-0.25, -0.2) is 0 Å². The van der Waals surface area contributed by atoms with E-state index in [-0.39, 0.29) is 18.2 Å². The molecule has 0 saturated heterocycles. The molecule has 6 unspecified atom stereocenters. The van der Waals surface area contributed by atoms with Crippen molar-refractivity contribution in [3.05, 3.63) is 0 Å². The second-order valence-corrected chi connectivity index (χ2v) is 7.27. The topological polar surface area (TPSA) is 35.5 Å². The predicted molar refractivity (Wildman–Crippen MR) is 77.2 cm³/mol. The third-order valence-corrected chi connectivity index (χ3v) is 5.98. The van der Waals surface area contributed by atoms with Gasteiger partial charge in [-0.1, -0.05) is 6.42 Å². The van der Waals surface area contributed by atoms with Crippen molar-refractivity contribution in [1.82, 2.24) is 0 Å². The maximum absolute atomic E-state index is 11.1. The molecule has 2 bridgehead atoms. The molecule has 114 valence electrons. The Hall–Kier alpha value is -0.570. The van der Waals surface area contributed by atoms with Crippen LogP contribution in [-0.2, 0) is 14.3 Å². The Morgan fingerprint density at radius 1 is 1.05 bits per heavy atom. The van der Waals surface area contributed by atoms with Gasteiger partial charge in [0.1, 0.15) is 6.10 Å². The van der Waals surface area contributed by atoms with E-state index < -0.39 is 0 Å². The Labute approximate surface area is 122 Å². The number of carbonyl (C=O) groups is 1. The highest BCUT2D eigenvalue weighted by Crippen LogP contribution is 2.51. The summed E-state index contributed by atoms with van der Waals surface area (Å²) < 4.78 is 11.0. The minimum absolute atomic E-state index is 0.0196. The second kappa shape index (κ2) is 6.05. The number of carbonyl (C=O) groups excluding carboxylic acids is 1. The van der Waals surface area contributed by atoms with Gasteiger partial charge in [0.05, 0.1) is 6.10 Å². The summed E-state index contributed by atoms with van der Waals surface area (Å²) in [6.45, 7) is 1.49. The standard InChI is InChI=1S/C17H28O3/c1-11(18)20-16-6-4-13(10-17(16)19-2)9-15-8-12-3-5-14(15)7-12/h12-17H,3-10H2,1-2H3. The Balaban J connectivity index is 1.51. The van der Waals surface area contributed by atoms with Crippen LogP contribution in [0.2, 0.25) is 0 Å². The van der Waals surface area contributed by atoms with E-state index in [4.69, 9.17) is 9.47 Å². The number of rotatable bonds is 4. The molecule has 20 heavy (non-hydrogen) atoms. The van der Waals surface area contributed by atoms with E-state index in [9.17, 15) is 4.79 Å². The van der Waals surface area contributed by atoms with Crippen molar-refractivity contribution in [2.24, 2.45) is 23.7 Å². The van der Waals surface area contributed by atoms with Crippen molar-refractivity contribution in [3.63, 3.8) is 0 Å². The first-order valence-electron chi connectivity index (χ1n) is 8.35. The average Bonchev–Trinajstić information content (AvgIpc) is 3.02. The second-order valence-electron chi connectivity index (χ2n) is 7.27. The molecule has 3 rings (SSSR count). The summed E-state index contributed by atoms with van der Waals surface area (Å²) in [5.74, 6) is 3.63. The Morgan fingerprint density at radius 2 is 1.90 bits per heavy atom. The fraction of sp³-hybridized carbons (Fsp3) is 0.941. The van der Waals surface area contributed by atoms with Crippen molar-refractivity contribution >= 4 is 5.97 Å². The minimum Gasteiger partial charge on any atom is -0.460 e. The van der Waals surface area contributed by atoms with Crippen LogP contribution < -0.4 is 0 Å². The Bertz CT molecular complexity index is 354. The van der Waals surface area contributed by atoms with Crippen LogP contribution in [0, 0.1) is 23.7 Å². The van der Waals surface area contributed by atoms with Gasteiger partial charge in [-0.2, -0.15) is 0 Å². The molecular formula is C17H28O3. The molecule has 3 fully saturated rings. The van der Waals surface area contributed by atoms with E-state index in [1.165, 1.54) is 45.4 Å². The van der Waals surface area contributed by atoms with E-state index >= 15 is 0 Å². The average molecular weight is 280 g/mol. The molecule has 0 aromatic rings. The van der Waals surface area contributed by atoms with Crippen molar-refractivity contribution in [3.8, 4) is 0 Å². The molecule has 3 nitrogen and oxygen atoms in total. The molecule has 3 aliphatic carbocycles. The van der Waals surface area contributed by atoms with Crippen LogP contribution in [0.1, 0.15) is 58.3 Å². The molecule has 0 spiro atoms. The number of hydrogen-bond donors (Lipinski definition) is 0. The molecule has 3 heteroatoms. The van der Waals surface area contributed by atoms with Crippen LogP contribution in [0.3, 0.4) is 0 Å². The third kappa shape index (κ3) is 3.03. The van der Waals surface area contributed by atoms with E-state index in [1.54, 1.807) is 7.11 Å². The van der Waals surface area contributed by atoms with Crippen LogP contribution in [-0.4, -0.2) is 25.3 Å². The smallest absolute Gasteiger partial charge is 0.302 e. The van der Waals surface area contributed by atoms with E-state index in [1.807, 2.05) is 0 Å². The number of hydrogen-bond acceptors (Lipinski definition) is 3. The van der Waals surface area contributed by atoms with Gasteiger partial charge in [0.15, 0.2) is 0 Å². The van der Waals surface area contributed by atoms with Gasteiger partial charge in [0.2, 0.25) is 0 Å². The van der Waals surface area contributed by atoms with Crippen LogP contribution in [0.4, 0.5) is 0 Å². The molecule has 6 atom stereocenters. The summed E-state index contributed by atoms with van der Waals surface area (Å²) in [6.07, 6.45) is 10.7. The maximum atomic E-state index is 11.1. The molecule has 0 aromatic heterocycles. The van der Waals surface area contributed by atoms with Crippen molar-refractivity contribution < 1.29 is 14.3 Å². The number of ether oxygens (including phenoxy) is 2. The summed E-state index contributed by atoms with van der Waals surface area (Å²) >= 11 is 0. The van der Waals surface area contributed by atoms with Gasteiger partial charge in [0, 0.05) is 14.0 Å². The summed E-state index contributed by atoms with van der Waals surface area (Å²) in [5, 5.41) is 0. The lowest BCUT2D eigenvalue weighted by molar-refractivity contribution is -0.158. The lowest BCUT2D eigenvalue weighted by atomic mass is 9.76.